The third kappa shape index (κ3) is 1.87. The van der Waals surface area contributed by atoms with Crippen LogP contribution in [0.3, 0.4) is 0 Å². The van der Waals surface area contributed by atoms with Crippen molar-refractivity contribution >= 4 is 16.5 Å². The van der Waals surface area contributed by atoms with Crippen LogP contribution in [-0.2, 0) is 0 Å². The summed E-state index contributed by atoms with van der Waals surface area (Å²) in [6.45, 7) is 0. The molecule has 0 amide bonds. The Balaban J connectivity index is 2.05. The van der Waals surface area contributed by atoms with E-state index in [-0.39, 0.29) is 0 Å². The van der Waals surface area contributed by atoms with Crippen molar-refractivity contribution in [3.63, 3.8) is 0 Å². The van der Waals surface area contributed by atoms with E-state index in [9.17, 15) is 0 Å². The molecule has 0 spiro atoms. The Labute approximate surface area is 101 Å². The number of aromatic amines is 1. The Hall–Kier alpha value is -2.28. The monoisotopic (exact) mass is 244 g/mol. The fourth-order valence-electron chi connectivity index (χ4n) is 1.52. The summed E-state index contributed by atoms with van der Waals surface area (Å²) < 4.78 is 0. The molecule has 0 atom stereocenters. The average molecular weight is 244 g/mol. The van der Waals surface area contributed by atoms with E-state index in [0.29, 0.717) is 11.0 Å². The van der Waals surface area contributed by atoms with Crippen molar-refractivity contribution in [3.8, 4) is 22.6 Å². The first-order chi connectivity index (χ1) is 8.33. The second-order valence-corrected chi connectivity index (χ2v) is 4.28. The maximum Gasteiger partial charge on any atom is 0.204 e. The molecule has 0 bridgehead atoms. The first-order valence-electron chi connectivity index (χ1n) is 4.88. The smallest absolute Gasteiger partial charge is 0.204 e. The predicted molar refractivity (Wildman–Crippen MR) is 65.1 cm³/mol. The molecular formula is C10H8N6S. The van der Waals surface area contributed by atoms with Crippen LogP contribution in [0.15, 0.2) is 29.6 Å². The standard InChI is InChI=1S/C10H8N6S/c11-10-12-8(5-17-10)6-2-1-3-7(4-6)9-13-15-16-14-9/h1-5H,(H2,11,12)(H,13,14,15,16). The van der Waals surface area contributed by atoms with Crippen molar-refractivity contribution in [1.82, 2.24) is 25.6 Å². The molecule has 3 aromatic rings. The van der Waals surface area contributed by atoms with Gasteiger partial charge < -0.3 is 5.73 Å². The summed E-state index contributed by atoms with van der Waals surface area (Å²) >= 11 is 1.42. The molecule has 7 heteroatoms. The molecule has 0 aliphatic rings. The highest BCUT2D eigenvalue weighted by molar-refractivity contribution is 7.13. The minimum atomic E-state index is 0.560. The molecular weight excluding hydrogens is 236 g/mol. The van der Waals surface area contributed by atoms with E-state index in [1.54, 1.807) is 0 Å². The summed E-state index contributed by atoms with van der Waals surface area (Å²) in [7, 11) is 0. The number of thiazole rings is 1. The summed E-state index contributed by atoms with van der Waals surface area (Å²) in [5.74, 6) is 0.565. The highest BCUT2D eigenvalue weighted by Gasteiger charge is 2.06. The largest absolute Gasteiger partial charge is 0.375 e. The number of anilines is 1. The lowest BCUT2D eigenvalue weighted by Crippen LogP contribution is -1.85. The van der Waals surface area contributed by atoms with Crippen molar-refractivity contribution in [2.45, 2.75) is 0 Å². The quantitative estimate of drug-likeness (QED) is 0.713. The van der Waals surface area contributed by atoms with Crippen LogP contribution in [0.25, 0.3) is 22.6 Å². The lowest BCUT2D eigenvalue weighted by Gasteiger charge is -1.98. The summed E-state index contributed by atoms with van der Waals surface area (Å²) in [5.41, 5.74) is 8.35. The van der Waals surface area contributed by atoms with Crippen LogP contribution in [-0.4, -0.2) is 25.6 Å². The van der Waals surface area contributed by atoms with Gasteiger partial charge in [0.15, 0.2) is 5.13 Å². The van der Waals surface area contributed by atoms with E-state index in [1.807, 2.05) is 29.6 Å². The highest BCUT2D eigenvalue weighted by atomic mass is 32.1. The van der Waals surface area contributed by atoms with Crippen molar-refractivity contribution < 1.29 is 0 Å². The summed E-state index contributed by atoms with van der Waals surface area (Å²) in [5, 5.41) is 16.3. The van der Waals surface area contributed by atoms with Gasteiger partial charge in [0.2, 0.25) is 5.82 Å². The van der Waals surface area contributed by atoms with Crippen LogP contribution in [0, 0.1) is 0 Å². The number of rotatable bonds is 2. The van der Waals surface area contributed by atoms with Crippen LogP contribution in [0.4, 0.5) is 5.13 Å². The molecule has 84 valence electrons. The fourth-order valence-corrected chi connectivity index (χ4v) is 2.09. The van der Waals surface area contributed by atoms with E-state index in [1.165, 1.54) is 11.3 Å². The van der Waals surface area contributed by atoms with Gasteiger partial charge in [-0.15, -0.1) is 21.5 Å². The lowest BCUT2D eigenvalue weighted by atomic mass is 10.1. The molecule has 0 aliphatic heterocycles. The number of hydrogen-bond acceptors (Lipinski definition) is 6. The van der Waals surface area contributed by atoms with Gasteiger partial charge in [-0.05, 0) is 11.3 Å². The molecule has 0 saturated carbocycles. The molecule has 2 aromatic heterocycles. The highest BCUT2D eigenvalue weighted by Crippen LogP contribution is 2.26. The van der Waals surface area contributed by atoms with Crippen LogP contribution in [0.1, 0.15) is 0 Å². The zero-order chi connectivity index (χ0) is 11.7. The Morgan fingerprint density at radius 2 is 2.12 bits per heavy atom. The van der Waals surface area contributed by atoms with Crippen LogP contribution < -0.4 is 5.73 Å². The number of aromatic nitrogens is 5. The average Bonchev–Trinajstić information content (AvgIpc) is 3.00. The molecule has 0 radical (unpaired) electrons. The zero-order valence-corrected chi connectivity index (χ0v) is 9.48. The molecule has 17 heavy (non-hydrogen) atoms. The van der Waals surface area contributed by atoms with Gasteiger partial charge in [0.05, 0.1) is 5.69 Å². The second kappa shape index (κ2) is 3.95. The van der Waals surface area contributed by atoms with Gasteiger partial charge >= 0.3 is 0 Å². The Kier molecular flexibility index (Phi) is 2.30. The van der Waals surface area contributed by atoms with E-state index >= 15 is 0 Å². The normalized spacial score (nSPS) is 10.6. The van der Waals surface area contributed by atoms with Crippen molar-refractivity contribution in [3.05, 3.63) is 29.6 Å². The SMILES string of the molecule is Nc1nc(-c2cccc(-c3nn[nH]n3)c2)cs1. The molecule has 0 unspecified atom stereocenters. The van der Waals surface area contributed by atoms with Crippen LogP contribution in [0.2, 0.25) is 0 Å². The van der Waals surface area contributed by atoms with Crippen LogP contribution >= 0.6 is 11.3 Å². The number of tetrazole rings is 1. The zero-order valence-electron chi connectivity index (χ0n) is 8.66. The van der Waals surface area contributed by atoms with Gasteiger partial charge in [-0.3, -0.25) is 0 Å². The Morgan fingerprint density at radius 1 is 1.24 bits per heavy atom. The van der Waals surface area contributed by atoms with E-state index in [2.05, 4.69) is 25.6 Å². The molecule has 6 nitrogen and oxygen atoms in total. The number of nitrogen functional groups attached to an aromatic ring is 1. The lowest BCUT2D eigenvalue weighted by molar-refractivity contribution is 0.881. The van der Waals surface area contributed by atoms with Gasteiger partial charge in [0, 0.05) is 16.5 Å². The Morgan fingerprint density at radius 3 is 2.82 bits per heavy atom. The summed E-state index contributed by atoms with van der Waals surface area (Å²) in [6.07, 6.45) is 0. The van der Waals surface area contributed by atoms with Crippen molar-refractivity contribution in [1.29, 1.82) is 0 Å². The molecule has 3 rings (SSSR count). The third-order valence-corrected chi connectivity index (χ3v) is 2.96. The van der Waals surface area contributed by atoms with Gasteiger partial charge in [-0.25, -0.2) is 4.98 Å². The van der Waals surface area contributed by atoms with Crippen molar-refractivity contribution in [2.24, 2.45) is 0 Å². The van der Waals surface area contributed by atoms with Gasteiger partial charge in [-0.1, -0.05) is 18.2 Å². The minimum Gasteiger partial charge on any atom is -0.375 e. The third-order valence-electron chi connectivity index (χ3n) is 2.28. The summed E-state index contributed by atoms with van der Waals surface area (Å²) in [6, 6.07) is 7.78. The number of nitrogens with two attached hydrogens (primary N) is 1. The second-order valence-electron chi connectivity index (χ2n) is 3.39. The molecule has 0 fully saturated rings. The number of hydrogen-bond donors (Lipinski definition) is 2. The number of nitrogens with zero attached hydrogens (tertiary/aromatic N) is 4. The van der Waals surface area contributed by atoms with Gasteiger partial charge in [0.25, 0.3) is 0 Å². The molecule has 2 heterocycles. The van der Waals surface area contributed by atoms with Gasteiger partial charge in [0.1, 0.15) is 0 Å². The minimum absolute atomic E-state index is 0.560. The molecule has 3 N–H and O–H groups in total. The number of H-pyrrole nitrogens is 1. The first kappa shape index (κ1) is 9.91. The van der Waals surface area contributed by atoms with E-state index in [4.69, 9.17) is 5.73 Å². The summed E-state index contributed by atoms with van der Waals surface area (Å²) in [4.78, 5) is 4.24. The van der Waals surface area contributed by atoms with Crippen molar-refractivity contribution in [2.75, 3.05) is 5.73 Å². The first-order valence-corrected chi connectivity index (χ1v) is 5.76. The number of nitrogens with one attached hydrogen (secondary N) is 1. The fraction of sp³-hybridized carbons (Fsp3) is 0. The molecule has 0 aliphatic carbocycles. The maximum atomic E-state index is 5.62. The topological polar surface area (TPSA) is 93.4 Å². The van der Waals surface area contributed by atoms with Gasteiger partial charge in [-0.2, -0.15) is 5.21 Å². The van der Waals surface area contributed by atoms with E-state index in [0.717, 1.165) is 16.8 Å². The predicted octanol–water partition coefficient (Wildman–Crippen LogP) is 1.57. The maximum absolute atomic E-state index is 5.62. The Bertz CT molecular complexity index is 630. The van der Waals surface area contributed by atoms with Crippen LogP contribution in [0.5, 0.6) is 0 Å². The molecule has 1 aromatic carbocycles. The molecule has 0 saturated heterocycles. The van der Waals surface area contributed by atoms with E-state index < -0.39 is 0 Å². The number of benzene rings is 1.